The molecule has 0 atom stereocenters. The van der Waals surface area contributed by atoms with Crippen molar-refractivity contribution >= 4 is 18.4 Å². The van der Waals surface area contributed by atoms with Crippen LogP contribution in [0.5, 0.6) is 0 Å². The molecule has 0 aliphatic carbocycles. The average molecular weight is 311 g/mol. The number of hydrogen-bond donors (Lipinski definition) is 0. The van der Waals surface area contributed by atoms with Crippen LogP contribution in [0.1, 0.15) is 46.5 Å². The predicted octanol–water partition coefficient (Wildman–Crippen LogP) is 3.54. The third-order valence-electron chi connectivity index (χ3n) is 3.61. The Hall–Kier alpha value is 0.0869. The van der Waals surface area contributed by atoms with Crippen molar-refractivity contribution in [3.8, 4) is 0 Å². The molecule has 116 valence electrons. The predicted molar refractivity (Wildman–Crippen MR) is 82.4 cm³/mol. The van der Waals surface area contributed by atoms with Crippen LogP contribution in [0, 0.1) is 0 Å². The quantitative estimate of drug-likeness (QED) is 0.371. The molecule has 0 heterocycles. The Labute approximate surface area is 120 Å². The van der Waals surface area contributed by atoms with Crippen molar-refractivity contribution in [1.29, 1.82) is 0 Å². The summed E-state index contributed by atoms with van der Waals surface area (Å²) in [4.78, 5) is 0. The summed E-state index contributed by atoms with van der Waals surface area (Å²) in [7, 11) is -4.89. The van der Waals surface area contributed by atoms with E-state index in [0.29, 0.717) is 6.61 Å². The SMILES string of the molecule is CC(C)(C)[Si](C)(C)OCCCCCCOS(C)(=O)=O. The maximum atomic E-state index is 10.7. The first-order chi connectivity index (χ1) is 8.46. The van der Waals surface area contributed by atoms with E-state index < -0.39 is 18.4 Å². The second kappa shape index (κ2) is 7.76. The number of unbranched alkanes of at least 4 members (excludes halogenated alkanes) is 3. The maximum Gasteiger partial charge on any atom is 0.264 e. The fraction of sp³-hybridized carbons (Fsp3) is 1.00. The third kappa shape index (κ3) is 9.59. The van der Waals surface area contributed by atoms with Crippen molar-refractivity contribution < 1.29 is 17.0 Å². The Morgan fingerprint density at radius 1 is 0.947 bits per heavy atom. The first-order valence-electron chi connectivity index (χ1n) is 6.94. The van der Waals surface area contributed by atoms with E-state index in [2.05, 4.69) is 38.0 Å². The van der Waals surface area contributed by atoms with Crippen LogP contribution in [0.25, 0.3) is 0 Å². The molecule has 0 aromatic heterocycles. The van der Waals surface area contributed by atoms with Crippen molar-refractivity contribution in [2.45, 2.75) is 64.6 Å². The van der Waals surface area contributed by atoms with Gasteiger partial charge in [-0.15, -0.1) is 0 Å². The molecule has 0 bridgehead atoms. The van der Waals surface area contributed by atoms with E-state index in [1.807, 2.05) is 0 Å². The van der Waals surface area contributed by atoms with Gasteiger partial charge in [-0.1, -0.05) is 33.6 Å². The van der Waals surface area contributed by atoms with Gasteiger partial charge in [0, 0.05) is 6.61 Å². The smallest absolute Gasteiger partial charge is 0.264 e. The van der Waals surface area contributed by atoms with Crippen LogP contribution < -0.4 is 0 Å². The molecule has 0 N–H and O–H groups in total. The van der Waals surface area contributed by atoms with Crippen LogP contribution in [-0.2, 0) is 18.7 Å². The lowest BCUT2D eigenvalue weighted by atomic mass is 10.2. The van der Waals surface area contributed by atoms with Gasteiger partial charge in [0.2, 0.25) is 0 Å². The van der Waals surface area contributed by atoms with E-state index >= 15 is 0 Å². The molecule has 0 rings (SSSR count). The molecular weight excluding hydrogens is 280 g/mol. The molecule has 0 unspecified atom stereocenters. The van der Waals surface area contributed by atoms with Gasteiger partial charge in [-0.3, -0.25) is 4.18 Å². The molecule has 0 radical (unpaired) electrons. The molecule has 4 nitrogen and oxygen atoms in total. The van der Waals surface area contributed by atoms with Gasteiger partial charge in [-0.2, -0.15) is 8.42 Å². The molecule has 0 aromatic rings. The summed E-state index contributed by atoms with van der Waals surface area (Å²) < 4.78 is 32.2. The van der Waals surface area contributed by atoms with E-state index in [0.717, 1.165) is 38.5 Å². The molecule has 19 heavy (non-hydrogen) atoms. The molecule has 0 spiro atoms. The second-order valence-electron chi connectivity index (χ2n) is 6.55. The van der Waals surface area contributed by atoms with Crippen LogP contribution in [-0.4, -0.2) is 36.2 Å². The molecule has 6 heteroatoms. The standard InChI is InChI=1S/C13H30O4SSi/c1-13(2,3)19(5,6)17-12-10-8-7-9-11-16-18(4,14)15/h7-12H2,1-6H3. The Morgan fingerprint density at radius 2 is 1.42 bits per heavy atom. The second-order valence-corrected chi connectivity index (χ2v) is 13.0. The van der Waals surface area contributed by atoms with Crippen molar-refractivity contribution in [2.24, 2.45) is 0 Å². The largest absolute Gasteiger partial charge is 0.417 e. The van der Waals surface area contributed by atoms with Gasteiger partial charge in [0.25, 0.3) is 10.1 Å². The molecule has 0 saturated carbocycles. The summed E-state index contributed by atoms with van der Waals surface area (Å²) >= 11 is 0. The van der Waals surface area contributed by atoms with E-state index in [4.69, 9.17) is 4.43 Å². The maximum absolute atomic E-state index is 10.7. The van der Waals surface area contributed by atoms with Gasteiger partial charge in [-0.25, -0.2) is 0 Å². The number of rotatable bonds is 9. The molecule has 0 fully saturated rings. The van der Waals surface area contributed by atoms with Gasteiger partial charge < -0.3 is 4.43 Å². The highest BCUT2D eigenvalue weighted by Crippen LogP contribution is 2.36. The topological polar surface area (TPSA) is 52.6 Å². The summed E-state index contributed by atoms with van der Waals surface area (Å²) in [5.41, 5.74) is 0. The molecule has 0 aromatic carbocycles. The molecule has 0 amide bonds. The minimum absolute atomic E-state index is 0.260. The highest BCUT2D eigenvalue weighted by molar-refractivity contribution is 7.85. The van der Waals surface area contributed by atoms with E-state index in [-0.39, 0.29) is 5.04 Å². The minimum Gasteiger partial charge on any atom is -0.417 e. The van der Waals surface area contributed by atoms with E-state index in [1.165, 1.54) is 0 Å². The summed E-state index contributed by atoms with van der Waals surface area (Å²) in [6, 6.07) is 0. The monoisotopic (exact) mass is 310 g/mol. The highest BCUT2D eigenvalue weighted by Gasteiger charge is 2.36. The zero-order valence-electron chi connectivity index (χ0n) is 13.3. The average Bonchev–Trinajstić information content (AvgIpc) is 2.18. The lowest BCUT2D eigenvalue weighted by Gasteiger charge is -2.36. The van der Waals surface area contributed by atoms with Crippen LogP contribution in [0.3, 0.4) is 0 Å². The minimum atomic E-state index is -3.28. The highest BCUT2D eigenvalue weighted by atomic mass is 32.2. The Balaban J connectivity index is 3.57. The Bertz CT molecular complexity index is 344. The zero-order chi connectivity index (χ0) is 15.2. The fourth-order valence-electron chi connectivity index (χ4n) is 1.31. The van der Waals surface area contributed by atoms with Crippen LogP contribution in [0.4, 0.5) is 0 Å². The van der Waals surface area contributed by atoms with Crippen LogP contribution in [0.15, 0.2) is 0 Å². The first kappa shape index (κ1) is 19.1. The van der Waals surface area contributed by atoms with Gasteiger partial charge in [0.15, 0.2) is 8.32 Å². The third-order valence-corrected chi connectivity index (χ3v) is 8.74. The summed E-state index contributed by atoms with van der Waals surface area (Å²) in [6.45, 7) is 12.3. The zero-order valence-corrected chi connectivity index (χ0v) is 15.1. The van der Waals surface area contributed by atoms with Crippen molar-refractivity contribution in [1.82, 2.24) is 0 Å². The summed E-state index contributed by atoms with van der Waals surface area (Å²) in [5.74, 6) is 0. The Morgan fingerprint density at radius 3 is 1.84 bits per heavy atom. The van der Waals surface area contributed by atoms with E-state index in [1.54, 1.807) is 0 Å². The normalized spacial score (nSPS) is 13.8. The molecule has 0 aliphatic rings. The molecule has 0 saturated heterocycles. The van der Waals surface area contributed by atoms with Gasteiger partial charge in [0.05, 0.1) is 12.9 Å². The van der Waals surface area contributed by atoms with Crippen LogP contribution >= 0.6 is 0 Å². The lowest BCUT2D eigenvalue weighted by Crippen LogP contribution is -2.40. The van der Waals surface area contributed by atoms with Crippen molar-refractivity contribution in [3.63, 3.8) is 0 Å². The van der Waals surface area contributed by atoms with Crippen molar-refractivity contribution in [3.05, 3.63) is 0 Å². The molecule has 0 aliphatic heterocycles. The lowest BCUT2D eigenvalue weighted by molar-refractivity contribution is 0.271. The Kier molecular flexibility index (Phi) is 7.80. The number of hydrogen-bond acceptors (Lipinski definition) is 4. The van der Waals surface area contributed by atoms with Crippen molar-refractivity contribution in [2.75, 3.05) is 19.5 Å². The van der Waals surface area contributed by atoms with Gasteiger partial charge in [0.1, 0.15) is 0 Å². The fourth-order valence-corrected chi connectivity index (χ4v) is 2.82. The van der Waals surface area contributed by atoms with Gasteiger partial charge in [-0.05, 0) is 31.0 Å². The van der Waals surface area contributed by atoms with Crippen LogP contribution in [0.2, 0.25) is 18.1 Å². The van der Waals surface area contributed by atoms with E-state index in [9.17, 15) is 8.42 Å². The summed E-state index contributed by atoms with van der Waals surface area (Å²) in [6.07, 6.45) is 4.94. The van der Waals surface area contributed by atoms with Gasteiger partial charge >= 0.3 is 0 Å². The molecular formula is C13H30O4SSi. The summed E-state index contributed by atoms with van der Waals surface area (Å²) in [5, 5.41) is 0.260. The first-order valence-corrected chi connectivity index (χ1v) is 11.7.